The molecule has 2 aliphatic heterocycles. The SMILES string of the molecule is N#Cc1ccc2ccn(CCCCN3CCN(c4ccc5c(c4)CCO5)CC3)c2c1. The predicted octanol–water partition coefficient (Wildman–Crippen LogP) is 4.05. The van der Waals surface area contributed by atoms with Crippen LogP contribution in [0.4, 0.5) is 5.69 Å². The van der Waals surface area contributed by atoms with Gasteiger partial charge in [-0.25, -0.2) is 0 Å². The molecule has 0 aliphatic carbocycles. The second-order valence-corrected chi connectivity index (χ2v) is 8.32. The Balaban J connectivity index is 1.08. The number of benzene rings is 2. The Hall–Kier alpha value is -2.97. The molecule has 0 unspecified atom stereocenters. The summed E-state index contributed by atoms with van der Waals surface area (Å²) in [6, 6.07) is 17.0. The fourth-order valence-electron chi connectivity index (χ4n) is 4.67. The molecule has 154 valence electrons. The Morgan fingerprint density at radius 1 is 0.933 bits per heavy atom. The van der Waals surface area contributed by atoms with Crippen LogP contribution in [0, 0.1) is 11.3 Å². The molecule has 0 amide bonds. The Kier molecular flexibility index (Phi) is 5.33. The Morgan fingerprint density at radius 3 is 2.67 bits per heavy atom. The van der Waals surface area contributed by atoms with Gasteiger partial charge < -0.3 is 14.2 Å². The van der Waals surface area contributed by atoms with Crippen LogP contribution in [0.5, 0.6) is 5.75 Å². The van der Waals surface area contributed by atoms with Crippen molar-refractivity contribution < 1.29 is 4.74 Å². The lowest BCUT2D eigenvalue weighted by atomic mass is 10.1. The lowest BCUT2D eigenvalue weighted by molar-refractivity contribution is 0.251. The number of ether oxygens (including phenoxy) is 1. The minimum absolute atomic E-state index is 0.733. The van der Waals surface area contributed by atoms with Crippen LogP contribution in [0.2, 0.25) is 0 Å². The number of nitriles is 1. The van der Waals surface area contributed by atoms with Gasteiger partial charge in [0.05, 0.1) is 18.2 Å². The van der Waals surface area contributed by atoms with Gasteiger partial charge >= 0.3 is 0 Å². The number of hydrogen-bond donors (Lipinski definition) is 0. The molecule has 1 fully saturated rings. The summed E-state index contributed by atoms with van der Waals surface area (Å²) in [6.45, 7) is 7.45. The van der Waals surface area contributed by atoms with Crippen molar-refractivity contribution in [3.63, 3.8) is 0 Å². The molecule has 1 aromatic heterocycles. The first-order valence-electron chi connectivity index (χ1n) is 11.0. The second kappa shape index (κ2) is 8.41. The minimum Gasteiger partial charge on any atom is -0.493 e. The maximum Gasteiger partial charge on any atom is 0.122 e. The Labute approximate surface area is 178 Å². The molecule has 1 saturated heterocycles. The fourth-order valence-corrected chi connectivity index (χ4v) is 4.67. The third kappa shape index (κ3) is 3.88. The van der Waals surface area contributed by atoms with E-state index in [-0.39, 0.29) is 0 Å². The molecule has 0 N–H and O–H groups in total. The molecule has 2 aliphatic rings. The van der Waals surface area contributed by atoms with Crippen LogP contribution in [0.25, 0.3) is 10.9 Å². The molecule has 5 rings (SSSR count). The van der Waals surface area contributed by atoms with E-state index in [1.165, 1.54) is 28.6 Å². The zero-order chi connectivity index (χ0) is 20.3. The third-order valence-corrected chi connectivity index (χ3v) is 6.44. The lowest BCUT2D eigenvalue weighted by Gasteiger charge is -2.36. The monoisotopic (exact) mass is 400 g/mol. The Morgan fingerprint density at radius 2 is 1.80 bits per heavy atom. The summed E-state index contributed by atoms with van der Waals surface area (Å²) in [5, 5.41) is 10.4. The molecule has 2 aromatic carbocycles. The predicted molar refractivity (Wildman–Crippen MR) is 120 cm³/mol. The molecular weight excluding hydrogens is 372 g/mol. The number of piperazine rings is 1. The summed E-state index contributed by atoms with van der Waals surface area (Å²) in [5.41, 5.74) is 4.60. The van der Waals surface area contributed by atoms with Crippen LogP contribution in [-0.4, -0.2) is 48.8 Å². The summed E-state index contributed by atoms with van der Waals surface area (Å²) in [6.07, 6.45) is 5.54. The number of unbranched alkanes of at least 4 members (excludes halogenated alkanes) is 1. The number of fused-ring (bicyclic) bond motifs is 2. The van der Waals surface area contributed by atoms with Crippen LogP contribution in [0.3, 0.4) is 0 Å². The standard InChI is InChI=1S/C25H28N4O/c26-19-20-3-4-21-7-11-29(24(21)17-20)10-2-1-9-27-12-14-28(15-13-27)23-5-6-25-22(18-23)8-16-30-25/h3-7,11,17-18H,1-2,8-10,12-16H2. The smallest absolute Gasteiger partial charge is 0.122 e. The number of aromatic nitrogens is 1. The number of anilines is 1. The summed E-state index contributed by atoms with van der Waals surface area (Å²) < 4.78 is 7.92. The molecule has 5 heteroatoms. The van der Waals surface area contributed by atoms with Gasteiger partial charge in [0.15, 0.2) is 0 Å². The van der Waals surface area contributed by atoms with Gasteiger partial charge in [0.25, 0.3) is 0 Å². The van der Waals surface area contributed by atoms with Crippen molar-refractivity contribution in [2.24, 2.45) is 0 Å². The zero-order valence-corrected chi connectivity index (χ0v) is 17.4. The molecule has 3 heterocycles. The summed E-state index contributed by atoms with van der Waals surface area (Å²) in [7, 11) is 0. The third-order valence-electron chi connectivity index (χ3n) is 6.44. The van der Waals surface area contributed by atoms with E-state index < -0.39 is 0 Å². The molecule has 0 atom stereocenters. The quantitative estimate of drug-likeness (QED) is 0.586. The van der Waals surface area contributed by atoms with Crippen molar-refractivity contribution in [1.82, 2.24) is 9.47 Å². The first-order chi connectivity index (χ1) is 14.8. The van der Waals surface area contributed by atoms with E-state index in [2.05, 4.69) is 50.9 Å². The van der Waals surface area contributed by atoms with Gasteiger partial charge in [-0.05, 0) is 66.7 Å². The maximum atomic E-state index is 9.14. The van der Waals surface area contributed by atoms with E-state index in [0.717, 1.165) is 70.0 Å². The summed E-state index contributed by atoms with van der Waals surface area (Å²) in [4.78, 5) is 5.10. The molecule has 5 nitrogen and oxygen atoms in total. The topological polar surface area (TPSA) is 44.4 Å². The van der Waals surface area contributed by atoms with Crippen LogP contribution in [-0.2, 0) is 13.0 Å². The van der Waals surface area contributed by atoms with Crippen molar-refractivity contribution in [3.05, 3.63) is 59.8 Å². The van der Waals surface area contributed by atoms with Crippen LogP contribution in [0.1, 0.15) is 24.0 Å². The van der Waals surface area contributed by atoms with Crippen LogP contribution >= 0.6 is 0 Å². The highest BCUT2D eigenvalue weighted by Gasteiger charge is 2.19. The highest BCUT2D eigenvalue weighted by Crippen LogP contribution is 2.30. The van der Waals surface area contributed by atoms with Gasteiger partial charge in [-0.1, -0.05) is 6.07 Å². The number of rotatable bonds is 6. The molecule has 0 saturated carbocycles. The molecule has 3 aromatic rings. The summed E-state index contributed by atoms with van der Waals surface area (Å²) >= 11 is 0. The highest BCUT2D eigenvalue weighted by molar-refractivity contribution is 5.81. The molecular formula is C25H28N4O. The van der Waals surface area contributed by atoms with E-state index in [1.807, 2.05) is 18.2 Å². The van der Waals surface area contributed by atoms with Crippen molar-refractivity contribution in [2.75, 3.05) is 44.2 Å². The van der Waals surface area contributed by atoms with Gasteiger partial charge in [-0.15, -0.1) is 0 Å². The lowest BCUT2D eigenvalue weighted by Crippen LogP contribution is -2.46. The van der Waals surface area contributed by atoms with Crippen molar-refractivity contribution >= 4 is 16.6 Å². The zero-order valence-electron chi connectivity index (χ0n) is 17.4. The largest absolute Gasteiger partial charge is 0.493 e. The maximum absolute atomic E-state index is 9.14. The first kappa shape index (κ1) is 19.0. The number of nitrogens with zero attached hydrogens (tertiary/aromatic N) is 4. The molecule has 0 spiro atoms. The van der Waals surface area contributed by atoms with Gasteiger partial charge in [-0.3, -0.25) is 4.90 Å². The number of hydrogen-bond acceptors (Lipinski definition) is 4. The van der Waals surface area contributed by atoms with E-state index in [9.17, 15) is 0 Å². The fraction of sp³-hybridized carbons (Fsp3) is 0.400. The van der Waals surface area contributed by atoms with E-state index in [4.69, 9.17) is 10.00 Å². The summed E-state index contributed by atoms with van der Waals surface area (Å²) in [5.74, 6) is 1.07. The number of aryl methyl sites for hydroxylation is 1. The van der Waals surface area contributed by atoms with Crippen LogP contribution in [0.15, 0.2) is 48.7 Å². The van der Waals surface area contributed by atoms with Crippen molar-refractivity contribution in [2.45, 2.75) is 25.8 Å². The van der Waals surface area contributed by atoms with E-state index in [0.29, 0.717) is 0 Å². The average molecular weight is 401 g/mol. The van der Waals surface area contributed by atoms with E-state index in [1.54, 1.807) is 0 Å². The molecule has 0 radical (unpaired) electrons. The van der Waals surface area contributed by atoms with Gasteiger partial charge in [0.2, 0.25) is 0 Å². The van der Waals surface area contributed by atoms with Gasteiger partial charge in [0, 0.05) is 56.5 Å². The Bertz CT molecular complexity index is 1070. The molecule has 0 bridgehead atoms. The van der Waals surface area contributed by atoms with Gasteiger partial charge in [0.1, 0.15) is 5.75 Å². The van der Waals surface area contributed by atoms with Crippen molar-refractivity contribution in [3.8, 4) is 11.8 Å². The van der Waals surface area contributed by atoms with Crippen LogP contribution < -0.4 is 9.64 Å². The van der Waals surface area contributed by atoms with E-state index >= 15 is 0 Å². The normalized spacial score (nSPS) is 16.4. The van der Waals surface area contributed by atoms with Gasteiger partial charge in [-0.2, -0.15) is 5.26 Å². The first-order valence-corrected chi connectivity index (χ1v) is 11.0. The van der Waals surface area contributed by atoms with Crippen molar-refractivity contribution in [1.29, 1.82) is 5.26 Å². The minimum atomic E-state index is 0.733. The molecule has 30 heavy (non-hydrogen) atoms. The highest BCUT2D eigenvalue weighted by atomic mass is 16.5. The average Bonchev–Trinajstić information content (AvgIpc) is 3.43. The second-order valence-electron chi connectivity index (χ2n) is 8.32.